The van der Waals surface area contributed by atoms with Crippen molar-refractivity contribution in [1.29, 1.82) is 0 Å². The van der Waals surface area contributed by atoms with Gasteiger partial charge in [-0.2, -0.15) is 0 Å². The summed E-state index contributed by atoms with van der Waals surface area (Å²) >= 11 is 0. The molecular weight excluding hydrogens is 531 g/mol. The Bertz CT molecular complexity index is 1520. The third kappa shape index (κ3) is 7.40. The highest BCUT2D eigenvalue weighted by Gasteiger charge is 2.31. The molecule has 1 saturated heterocycles. The molecular formula is C31H30F3N5O2. The Labute approximate surface area is 236 Å². The first-order valence-corrected chi connectivity index (χ1v) is 13.3. The summed E-state index contributed by atoms with van der Waals surface area (Å²) < 4.78 is 41.4. The molecule has 0 unspecified atom stereocenters. The molecule has 1 amide bonds. The van der Waals surface area contributed by atoms with Crippen molar-refractivity contribution in [3.63, 3.8) is 0 Å². The highest BCUT2D eigenvalue weighted by atomic mass is 19.4. The molecule has 5 rings (SSSR count). The third-order valence-corrected chi connectivity index (χ3v) is 6.89. The number of alkyl halides is 3. The van der Waals surface area contributed by atoms with Crippen molar-refractivity contribution in [2.45, 2.75) is 39.6 Å². The highest BCUT2D eigenvalue weighted by Crippen LogP contribution is 2.28. The average molecular weight is 562 g/mol. The summed E-state index contributed by atoms with van der Waals surface area (Å²) in [6, 6.07) is 18.7. The van der Waals surface area contributed by atoms with Gasteiger partial charge in [0.2, 0.25) is 5.95 Å². The number of nitrogens with zero attached hydrogens (tertiary/aromatic N) is 3. The Morgan fingerprint density at radius 3 is 2.34 bits per heavy atom. The molecule has 0 saturated carbocycles. The summed E-state index contributed by atoms with van der Waals surface area (Å²) in [7, 11) is 0. The fraction of sp³-hybridized carbons (Fsp3) is 0.258. The number of amides is 1. The molecule has 4 aromatic rings. The second kappa shape index (κ2) is 12.0. The topological polar surface area (TPSA) is 79.4 Å². The molecule has 2 heterocycles. The number of anilines is 3. The van der Waals surface area contributed by atoms with Gasteiger partial charge in [0.25, 0.3) is 5.91 Å². The lowest BCUT2D eigenvalue weighted by molar-refractivity contribution is -0.274. The van der Waals surface area contributed by atoms with E-state index in [1.807, 2.05) is 26.0 Å². The Morgan fingerprint density at radius 2 is 1.66 bits per heavy atom. The van der Waals surface area contributed by atoms with E-state index in [1.165, 1.54) is 42.7 Å². The van der Waals surface area contributed by atoms with Gasteiger partial charge in [0, 0.05) is 35.2 Å². The van der Waals surface area contributed by atoms with Gasteiger partial charge in [0.1, 0.15) is 5.75 Å². The fourth-order valence-electron chi connectivity index (χ4n) is 4.74. The predicted octanol–water partition coefficient (Wildman–Crippen LogP) is 7.25. The van der Waals surface area contributed by atoms with E-state index in [1.54, 1.807) is 30.5 Å². The van der Waals surface area contributed by atoms with E-state index in [2.05, 4.69) is 36.3 Å². The largest absolute Gasteiger partial charge is 0.573 e. The first kappa shape index (κ1) is 28.1. The first-order chi connectivity index (χ1) is 19.6. The smallest absolute Gasteiger partial charge is 0.406 e. The van der Waals surface area contributed by atoms with Crippen LogP contribution in [0.3, 0.4) is 0 Å². The SMILES string of the molecule is Cc1ccc(CN2CCCC2)cc1NC(=O)c1ccc(Nc2ncc(C)c(-c3ccc(OC(F)(F)F)cc3)n2)cc1. The van der Waals surface area contributed by atoms with E-state index < -0.39 is 6.36 Å². The summed E-state index contributed by atoms with van der Waals surface area (Å²) in [4.78, 5) is 24.3. The number of hydrogen-bond acceptors (Lipinski definition) is 6. The van der Waals surface area contributed by atoms with Gasteiger partial charge in [-0.3, -0.25) is 9.69 Å². The zero-order valence-electron chi connectivity index (χ0n) is 22.8. The second-order valence-electron chi connectivity index (χ2n) is 10.1. The summed E-state index contributed by atoms with van der Waals surface area (Å²) in [5, 5.41) is 6.15. The lowest BCUT2D eigenvalue weighted by atomic mass is 10.1. The van der Waals surface area contributed by atoms with Gasteiger partial charge in [0.15, 0.2) is 0 Å². The van der Waals surface area contributed by atoms with Crippen LogP contribution in [0.1, 0.15) is 39.9 Å². The Morgan fingerprint density at radius 1 is 0.951 bits per heavy atom. The molecule has 10 heteroatoms. The van der Waals surface area contributed by atoms with Gasteiger partial charge >= 0.3 is 6.36 Å². The van der Waals surface area contributed by atoms with Crippen molar-refractivity contribution in [2.75, 3.05) is 23.7 Å². The van der Waals surface area contributed by atoms with E-state index in [4.69, 9.17) is 0 Å². The Kier molecular flexibility index (Phi) is 8.21. The zero-order chi connectivity index (χ0) is 29.0. The number of rotatable bonds is 8. The number of aromatic nitrogens is 2. The lowest BCUT2D eigenvalue weighted by Crippen LogP contribution is -2.19. The lowest BCUT2D eigenvalue weighted by Gasteiger charge is -2.16. The number of hydrogen-bond donors (Lipinski definition) is 2. The minimum atomic E-state index is -4.75. The van der Waals surface area contributed by atoms with Gasteiger partial charge in [0.05, 0.1) is 5.69 Å². The fourth-order valence-corrected chi connectivity index (χ4v) is 4.74. The van der Waals surface area contributed by atoms with Crippen LogP contribution < -0.4 is 15.4 Å². The normalized spacial score (nSPS) is 13.7. The third-order valence-electron chi connectivity index (χ3n) is 6.89. The van der Waals surface area contributed by atoms with E-state index in [9.17, 15) is 18.0 Å². The molecule has 0 radical (unpaired) electrons. The molecule has 1 aliphatic heterocycles. The van der Waals surface area contributed by atoms with Crippen molar-refractivity contribution in [3.8, 4) is 17.0 Å². The quantitative estimate of drug-likeness (QED) is 0.236. The highest BCUT2D eigenvalue weighted by molar-refractivity contribution is 6.04. The van der Waals surface area contributed by atoms with Crippen molar-refractivity contribution in [1.82, 2.24) is 14.9 Å². The molecule has 1 aliphatic rings. The molecule has 1 aromatic heterocycles. The van der Waals surface area contributed by atoms with Gasteiger partial charge in [-0.05, 0) is 111 Å². The minimum Gasteiger partial charge on any atom is -0.406 e. The van der Waals surface area contributed by atoms with Crippen LogP contribution in [0.5, 0.6) is 5.75 Å². The van der Waals surface area contributed by atoms with E-state index in [0.717, 1.165) is 36.4 Å². The van der Waals surface area contributed by atoms with E-state index in [0.29, 0.717) is 28.5 Å². The second-order valence-corrected chi connectivity index (χ2v) is 10.1. The molecule has 2 N–H and O–H groups in total. The molecule has 3 aromatic carbocycles. The Hall–Kier alpha value is -4.44. The number of carbonyl (C=O) groups excluding carboxylic acids is 1. The number of nitrogens with one attached hydrogen (secondary N) is 2. The molecule has 0 aliphatic carbocycles. The number of ether oxygens (including phenoxy) is 1. The van der Waals surface area contributed by atoms with Crippen molar-refractivity contribution in [2.24, 2.45) is 0 Å². The van der Waals surface area contributed by atoms with Crippen LogP contribution in [0.15, 0.2) is 72.9 Å². The maximum absolute atomic E-state index is 13.0. The summed E-state index contributed by atoms with van der Waals surface area (Å²) in [5.41, 5.74) is 6.10. The summed E-state index contributed by atoms with van der Waals surface area (Å²) in [5.74, 6) is -0.200. The minimum absolute atomic E-state index is 0.204. The van der Waals surface area contributed by atoms with Gasteiger partial charge in [-0.15, -0.1) is 13.2 Å². The number of aryl methyl sites for hydroxylation is 2. The molecule has 212 valence electrons. The van der Waals surface area contributed by atoms with Gasteiger partial charge in [-0.25, -0.2) is 9.97 Å². The van der Waals surface area contributed by atoms with Crippen molar-refractivity contribution in [3.05, 3.63) is 95.2 Å². The maximum Gasteiger partial charge on any atom is 0.573 e. The van der Waals surface area contributed by atoms with Crippen LogP contribution in [-0.2, 0) is 6.54 Å². The van der Waals surface area contributed by atoms with Gasteiger partial charge < -0.3 is 15.4 Å². The van der Waals surface area contributed by atoms with Crippen molar-refractivity contribution >= 4 is 23.2 Å². The predicted molar refractivity (Wildman–Crippen MR) is 152 cm³/mol. The zero-order valence-corrected chi connectivity index (χ0v) is 22.8. The molecule has 0 spiro atoms. The van der Waals surface area contributed by atoms with Crippen LogP contribution in [-0.4, -0.2) is 40.2 Å². The number of carbonyl (C=O) groups is 1. The van der Waals surface area contributed by atoms with Crippen LogP contribution >= 0.6 is 0 Å². The maximum atomic E-state index is 13.0. The van der Waals surface area contributed by atoms with Crippen LogP contribution in [0.25, 0.3) is 11.3 Å². The van der Waals surface area contributed by atoms with Crippen LogP contribution in [0, 0.1) is 13.8 Å². The summed E-state index contributed by atoms with van der Waals surface area (Å²) in [6.45, 7) is 6.89. The molecule has 0 bridgehead atoms. The molecule has 7 nitrogen and oxygen atoms in total. The molecule has 41 heavy (non-hydrogen) atoms. The van der Waals surface area contributed by atoms with Crippen molar-refractivity contribution < 1.29 is 22.7 Å². The van der Waals surface area contributed by atoms with Crippen LogP contribution in [0.2, 0.25) is 0 Å². The van der Waals surface area contributed by atoms with E-state index in [-0.39, 0.29) is 11.7 Å². The standard InChI is InChI=1S/C31H30F3N5O2/c1-20-5-6-22(19-39-15-3-4-16-39)17-27(20)37-29(40)24-7-11-25(12-8-24)36-30-35-18-21(2)28(38-30)23-9-13-26(14-10-23)41-31(32,33)34/h5-14,17-18H,3-4,15-16,19H2,1-2H3,(H,37,40)(H,35,36,38). The molecule has 1 fully saturated rings. The summed E-state index contributed by atoms with van der Waals surface area (Å²) in [6.07, 6.45) is -0.658. The Balaban J connectivity index is 1.24. The number of benzene rings is 3. The van der Waals surface area contributed by atoms with E-state index >= 15 is 0 Å². The van der Waals surface area contributed by atoms with Crippen LogP contribution in [0.4, 0.5) is 30.5 Å². The molecule has 0 atom stereocenters. The average Bonchev–Trinajstić information content (AvgIpc) is 3.45. The first-order valence-electron chi connectivity index (χ1n) is 13.3. The number of halogens is 3. The monoisotopic (exact) mass is 561 g/mol. The van der Waals surface area contributed by atoms with Gasteiger partial charge in [-0.1, -0.05) is 12.1 Å². The number of likely N-dealkylation sites (tertiary alicyclic amines) is 1.